The molecular formula is C21H21NO5. The van der Waals surface area contributed by atoms with E-state index in [0.29, 0.717) is 28.2 Å². The number of aryl methyl sites for hydroxylation is 2. The Morgan fingerprint density at radius 1 is 1.00 bits per heavy atom. The summed E-state index contributed by atoms with van der Waals surface area (Å²) in [4.78, 5) is 24.5. The van der Waals surface area contributed by atoms with E-state index in [1.165, 1.54) is 20.3 Å². The highest BCUT2D eigenvalue weighted by Crippen LogP contribution is 2.24. The summed E-state index contributed by atoms with van der Waals surface area (Å²) >= 11 is 0. The lowest BCUT2D eigenvalue weighted by molar-refractivity contribution is 0.0950. The van der Waals surface area contributed by atoms with Crippen LogP contribution in [0.2, 0.25) is 0 Å². The zero-order chi connectivity index (χ0) is 19.6. The molecule has 2 aromatic carbocycles. The third kappa shape index (κ3) is 3.95. The molecule has 1 aromatic heterocycles. The number of hydrogen-bond donors (Lipinski definition) is 1. The number of carbonyl (C=O) groups is 1. The van der Waals surface area contributed by atoms with E-state index in [1.807, 2.05) is 26.0 Å². The Hall–Kier alpha value is -3.28. The molecule has 6 nitrogen and oxygen atoms in total. The molecule has 3 aromatic rings. The molecule has 27 heavy (non-hydrogen) atoms. The minimum Gasteiger partial charge on any atom is -0.497 e. The summed E-state index contributed by atoms with van der Waals surface area (Å²) in [6.45, 7) is 4.09. The Morgan fingerprint density at radius 3 is 2.30 bits per heavy atom. The lowest BCUT2D eigenvalue weighted by atomic mass is 10.0. The van der Waals surface area contributed by atoms with E-state index in [4.69, 9.17) is 13.9 Å². The molecule has 1 N–H and O–H groups in total. The SMILES string of the molecule is COc1cc(OC)cc(C(=O)NCc2cc(=O)oc3cc(C)cc(C)c23)c1. The highest BCUT2D eigenvalue weighted by atomic mass is 16.5. The molecule has 3 rings (SSSR count). The van der Waals surface area contributed by atoms with E-state index in [-0.39, 0.29) is 12.5 Å². The van der Waals surface area contributed by atoms with Crippen molar-refractivity contribution in [1.29, 1.82) is 0 Å². The van der Waals surface area contributed by atoms with Crippen molar-refractivity contribution in [2.45, 2.75) is 20.4 Å². The van der Waals surface area contributed by atoms with Crippen LogP contribution in [0.3, 0.4) is 0 Å². The van der Waals surface area contributed by atoms with Crippen molar-refractivity contribution in [2.75, 3.05) is 14.2 Å². The third-order valence-corrected chi connectivity index (χ3v) is 4.32. The number of methoxy groups -OCH3 is 2. The summed E-state index contributed by atoms with van der Waals surface area (Å²) in [5.74, 6) is 0.756. The fraction of sp³-hybridized carbons (Fsp3) is 0.238. The predicted molar refractivity (Wildman–Crippen MR) is 103 cm³/mol. The molecule has 0 radical (unpaired) electrons. The molecule has 6 heteroatoms. The highest BCUT2D eigenvalue weighted by molar-refractivity contribution is 5.95. The zero-order valence-corrected chi connectivity index (χ0v) is 15.7. The smallest absolute Gasteiger partial charge is 0.336 e. The lowest BCUT2D eigenvalue weighted by Crippen LogP contribution is -2.23. The zero-order valence-electron chi connectivity index (χ0n) is 15.7. The van der Waals surface area contributed by atoms with Crippen LogP contribution in [0.4, 0.5) is 0 Å². The molecule has 0 aliphatic carbocycles. The van der Waals surface area contributed by atoms with Gasteiger partial charge in [0, 0.05) is 29.6 Å². The van der Waals surface area contributed by atoms with Crippen LogP contribution in [0, 0.1) is 13.8 Å². The first-order valence-electron chi connectivity index (χ1n) is 8.46. The third-order valence-electron chi connectivity index (χ3n) is 4.32. The van der Waals surface area contributed by atoms with Crippen LogP contribution in [-0.4, -0.2) is 20.1 Å². The van der Waals surface area contributed by atoms with Gasteiger partial charge in [-0.1, -0.05) is 6.07 Å². The first kappa shape index (κ1) is 18.5. The molecule has 0 unspecified atom stereocenters. The minimum atomic E-state index is -0.445. The quantitative estimate of drug-likeness (QED) is 0.700. The molecule has 140 valence electrons. The molecule has 0 aliphatic heterocycles. The second-order valence-corrected chi connectivity index (χ2v) is 6.33. The molecule has 0 spiro atoms. The molecule has 0 fully saturated rings. The Bertz CT molecular complexity index is 1050. The summed E-state index contributed by atoms with van der Waals surface area (Å²) in [5, 5.41) is 3.69. The fourth-order valence-electron chi connectivity index (χ4n) is 3.13. The van der Waals surface area contributed by atoms with Crippen molar-refractivity contribution < 1.29 is 18.7 Å². The van der Waals surface area contributed by atoms with Crippen molar-refractivity contribution in [3.63, 3.8) is 0 Å². The average Bonchev–Trinajstić information content (AvgIpc) is 2.64. The van der Waals surface area contributed by atoms with Gasteiger partial charge in [-0.2, -0.15) is 0 Å². The van der Waals surface area contributed by atoms with Gasteiger partial charge in [0.15, 0.2) is 0 Å². The molecule has 0 bridgehead atoms. The number of fused-ring (bicyclic) bond motifs is 1. The average molecular weight is 367 g/mol. The molecule has 0 atom stereocenters. The van der Waals surface area contributed by atoms with Crippen LogP contribution in [-0.2, 0) is 6.54 Å². The molecule has 1 heterocycles. The van der Waals surface area contributed by atoms with Gasteiger partial charge < -0.3 is 19.2 Å². The highest BCUT2D eigenvalue weighted by Gasteiger charge is 2.13. The summed E-state index contributed by atoms with van der Waals surface area (Å²) in [7, 11) is 3.05. The van der Waals surface area contributed by atoms with E-state index in [2.05, 4.69) is 5.32 Å². The van der Waals surface area contributed by atoms with Crippen LogP contribution in [0.1, 0.15) is 27.0 Å². The van der Waals surface area contributed by atoms with Gasteiger partial charge in [0.2, 0.25) is 0 Å². The van der Waals surface area contributed by atoms with Crippen LogP contribution in [0.15, 0.2) is 45.6 Å². The molecule has 1 amide bonds. The molecule has 0 saturated heterocycles. The van der Waals surface area contributed by atoms with Gasteiger partial charge in [-0.3, -0.25) is 4.79 Å². The van der Waals surface area contributed by atoms with E-state index in [9.17, 15) is 9.59 Å². The Morgan fingerprint density at radius 2 is 1.67 bits per heavy atom. The van der Waals surface area contributed by atoms with Crippen molar-refractivity contribution in [3.8, 4) is 11.5 Å². The number of hydrogen-bond acceptors (Lipinski definition) is 5. The first-order chi connectivity index (χ1) is 12.9. The van der Waals surface area contributed by atoms with Gasteiger partial charge in [-0.05, 0) is 48.7 Å². The van der Waals surface area contributed by atoms with Gasteiger partial charge >= 0.3 is 5.63 Å². The number of rotatable bonds is 5. The summed E-state index contributed by atoms with van der Waals surface area (Å²) in [5.41, 5.74) is 3.19. The topological polar surface area (TPSA) is 77.8 Å². The Kier molecular flexibility index (Phi) is 5.16. The summed E-state index contributed by atoms with van der Waals surface area (Å²) in [6.07, 6.45) is 0. The van der Waals surface area contributed by atoms with Gasteiger partial charge in [0.05, 0.1) is 14.2 Å². The van der Waals surface area contributed by atoms with E-state index < -0.39 is 5.63 Å². The number of carbonyl (C=O) groups excluding carboxylic acids is 1. The summed E-state index contributed by atoms with van der Waals surface area (Å²) in [6, 6.07) is 10.2. The van der Waals surface area contributed by atoms with E-state index in [0.717, 1.165) is 16.5 Å². The number of ether oxygens (including phenoxy) is 2. The fourth-order valence-corrected chi connectivity index (χ4v) is 3.13. The van der Waals surface area contributed by atoms with E-state index in [1.54, 1.807) is 18.2 Å². The van der Waals surface area contributed by atoms with Crippen LogP contribution >= 0.6 is 0 Å². The largest absolute Gasteiger partial charge is 0.497 e. The maximum atomic E-state index is 12.6. The van der Waals surface area contributed by atoms with Gasteiger partial charge in [0.25, 0.3) is 5.91 Å². The van der Waals surface area contributed by atoms with Gasteiger partial charge in [-0.25, -0.2) is 4.79 Å². The molecule has 0 saturated carbocycles. The van der Waals surface area contributed by atoms with Gasteiger partial charge in [0.1, 0.15) is 17.1 Å². The monoisotopic (exact) mass is 367 g/mol. The normalized spacial score (nSPS) is 10.7. The van der Waals surface area contributed by atoms with Crippen molar-refractivity contribution in [3.05, 3.63) is 69.1 Å². The number of benzene rings is 2. The van der Waals surface area contributed by atoms with E-state index >= 15 is 0 Å². The number of nitrogens with one attached hydrogen (secondary N) is 1. The van der Waals surface area contributed by atoms with Crippen LogP contribution < -0.4 is 20.4 Å². The van der Waals surface area contributed by atoms with Crippen LogP contribution in [0.5, 0.6) is 11.5 Å². The molecule has 0 aliphatic rings. The maximum Gasteiger partial charge on any atom is 0.336 e. The number of amides is 1. The van der Waals surface area contributed by atoms with Crippen molar-refractivity contribution in [1.82, 2.24) is 5.32 Å². The molecular weight excluding hydrogens is 346 g/mol. The summed E-state index contributed by atoms with van der Waals surface area (Å²) < 4.78 is 15.7. The van der Waals surface area contributed by atoms with Crippen molar-refractivity contribution >= 4 is 16.9 Å². The minimum absolute atomic E-state index is 0.199. The lowest BCUT2D eigenvalue weighted by Gasteiger charge is -2.12. The van der Waals surface area contributed by atoms with Crippen LogP contribution in [0.25, 0.3) is 11.0 Å². The second-order valence-electron chi connectivity index (χ2n) is 6.33. The maximum absolute atomic E-state index is 12.6. The van der Waals surface area contributed by atoms with Gasteiger partial charge in [-0.15, -0.1) is 0 Å². The standard InChI is InChI=1S/C21H21NO5/c1-12-5-13(2)20-15(9-19(23)27-18(20)6-12)11-22-21(24)14-7-16(25-3)10-17(8-14)26-4/h5-10H,11H2,1-4H3,(H,22,24). The Labute approximate surface area is 156 Å². The first-order valence-corrected chi connectivity index (χ1v) is 8.46. The Balaban J connectivity index is 1.91. The second kappa shape index (κ2) is 7.53. The van der Waals surface area contributed by atoms with Crippen molar-refractivity contribution in [2.24, 2.45) is 0 Å². The predicted octanol–water partition coefficient (Wildman–Crippen LogP) is 3.36.